The number of nitrogens with zero attached hydrogens (tertiary/aromatic N) is 3. The van der Waals surface area contributed by atoms with Gasteiger partial charge in [0.15, 0.2) is 5.82 Å². The number of rotatable bonds is 1. The third-order valence-corrected chi connectivity index (χ3v) is 5.18. The van der Waals surface area contributed by atoms with Crippen LogP contribution in [-0.4, -0.2) is 28.0 Å². The lowest BCUT2D eigenvalue weighted by Gasteiger charge is -2.39. The molecule has 1 spiro atoms. The Kier molecular flexibility index (Phi) is 3.63. The predicted octanol–water partition coefficient (Wildman–Crippen LogP) is 3.81. The number of halogens is 3. The fourth-order valence-corrected chi connectivity index (χ4v) is 3.85. The molecular weight excluding hydrogens is 319 g/mol. The van der Waals surface area contributed by atoms with Gasteiger partial charge >= 0.3 is 6.18 Å². The highest BCUT2D eigenvalue weighted by Crippen LogP contribution is 2.42. The third-order valence-electron chi connectivity index (χ3n) is 5.18. The molecule has 7 heteroatoms. The molecule has 2 aromatic rings. The highest BCUT2D eigenvalue weighted by Gasteiger charge is 2.41. The second-order valence-electron chi connectivity index (χ2n) is 6.57. The van der Waals surface area contributed by atoms with Crippen LogP contribution in [0.3, 0.4) is 0 Å². The maximum atomic E-state index is 12.7. The van der Waals surface area contributed by atoms with E-state index in [-0.39, 0.29) is 5.41 Å². The van der Waals surface area contributed by atoms with E-state index >= 15 is 0 Å². The topological polar surface area (TPSA) is 39.9 Å². The number of hydrogen-bond donors (Lipinski definition) is 0. The summed E-state index contributed by atoms with van der Waals surface area (Å²) in [5.41, 5.74) is 0.0320. The Balaban J connectivity index is 1.71. The Bertz CT molecular complexity index is 731. The Morgan fingerprint density at radius 1 is 1.00 bits per heavy atom. The molecule has 3 heterocycles. The zero-order valence-corrected chi connectivity index (χ0v) is 13.1. The number of hydrogen-bond acceptors (Lipinski definition) is 3. The van der Waals surface area contributed by atoms with E-state index in [0.717, 1.165) is 63.4 Å². The van der Waals surface area contributed by atoms with Crippen LogP contribution in [0.1, 0.15) is 37.1 Å². The molecule has 0 atom stereocenters. The average Bonchev–Trinajstić information content (AvgIpc) is 3.01. The molecule has 1 aromatic heterocycles. The van der Waals surface area contributed by atoms with Crippen LogP contribution < -0.4 is 0 Å². The summed E-state index contributed by atoms with van der Waals surface area (Å²) < 4.78 is 45.8. The first-order valence-electron chi connectivity index (χ1n) is 8.19. The van der Waals surface area contributed by atoms with Crippen LogP contribution >= 0.6 is 0 Å². The van der Waals surface area contributed by atoms with Crippen molar-refractivity contribution in [1.82, 2.24) is 14.8 Å². The molecule has 0 saturated carbocycles. The van der Waals surface area contributed by atoms with Crippen molar-refractivity contribution < 1.29 is 17.9 Å². The molecule has 0 radical (unpaired) electrons. The summed E-state index contributed by atoms with van der Waals surface area (Å²) >= 11 is 0. The maximum absolute atomic E-state index is 12.7. The van der Waals surface area contributed by atoms with Crippen LogP contribution in [-0.2, 0) is 22.9 Å². The van der Waals surface area contributed by atoms with Gasteiger partial charge in [0.25, 0.3) is 0 Å². The highest BCUT2D eigenvalue weighted by molar-refractivity contribution is 5.56. The van der Waals surface area contributed by atoms with E-state index in [9.17, 15) is 13.2 Å². The fraction of sp³-hybridized carbons (Fsp3) is 0.529. The lowest BCUT2D eigenvalue weighted by molar-refractivity contribution is -0.137. The van der Waals surface area contributed by atoms with Gasteiger partial charge in [0, 0.05) is 30.7 Å². The van der Waals surface area contributed by atoms with Gasteiger partial charge in [0.1, 0.15) is 5.82 Å². The molecule has 0 aliphatic carbocycles. The SMILES string of the molecule is FC(F)(F)c1ccc(-c2nnc3n2CCCC32CCOCC2)cc1. The van der Waals surface area contributed by atoms with Crippen LogP contribution in [0.2, 0.25) is 0 Å². The Hall–Kier alpha value is -1.89. The van der Waals surface area contributed by atoms with Gasteiger partial charge in [-0.3, -0.25) is 0 Å². The first-order valence-corrected chi connectivity index (χ1v) is 8.19. The molecule has 0 amide bonds. The molecule has 4 rings (SSSR count). The second kappa shape index (κ2) is 5.58. The number of aromatic nitrogens is 3. The third kappa shape index (κ3) is 2.51. The summed E-state index contributed by atoms with van der Waals surface area (Å²) in [6.45, 7) is 2.26. The summed E-state index contributed by atoms with van der Waals surface area (Å²) in [5.74, 6) is 1.62. The lowest BCUT2D eigenvalue weighted by Crippen LogP contribution is -2.39. The smallest absolute Gasteiger partial charge is 0.381 e. The minimum absolute atomic E-state index is 0.00760. The van der Waals surface area contributed by atoms with Crippen molar-refractivity contribution in [2.24, 2.45) is 0 Å². The first kappa shape index (κ1) is 15.6. The van der Waals surface area contributed by atoms with E-state index in [0.29, 0.717) is 11.4 Å². The molecule has 0 bridgehead atoms. The van der Waals surface area contributed by atoms with Crippen molar-refractivity contribution in [3.05, 3.63) is 35.7 Å². The summed E-state index contributed by atoms with van der Waals surface area (Å²) in [5, 5.41) is 8.72. The van der Waals surface area contributed by atoms with Gasteiger partial charge in [0.05, 0.1) is 5.56 Å². The van der Waals surface area contributed by atoms with Gasteiger partial charge in [-0.15, -0.1) is 10.2 Å². The number of benzene rings is 1. The van der Waals surface area contributed by atoms with Crippen LogP contribution in [0, 0.1) is 0 Å². The Labute approximate surface area is 137 Å². The monoisotopic (exact) mass is 337 g/mol. The molecule has 128 valence electrons. The van der Waals surface area contributed by atoms with E-state index < -0.39 is 11.7 Å². The molecule has 0 N–H and O–H groups in total. The largest absolute Gasteiger partial charge is 0.416 e. The van der Waals surface area contributed by atoms with Crippen LogP contribution in [0.4, 0.5) is 13.2 Å². The van der Waals surface area contributed by atoms with Gasteiger partial charge in [-0.1, -0.05) is 12.1 Å². The summed E-state index contributed by atoms with van der Waals surface area (Å²) in [4.78, 5) is 0. The van der Waals surface area contributed by atoms with Crippen LogP contribution in [0.25, 0.3) is 11.4 Å². The summed E-state index contributed by atoms with van der Waals surface area (Å²) in [7, 11) is 0. The lowest BCUT2D eigenvalue weighted by atomic mass is 9.74. The maximum Gasteiger partial charge on any atom is 0.416 e. The summed E-state index contributed by atoms with van der Waals surface area (Å²) in [6.07, 6.45) is -0.370. The molecule has 1 saturated heterocycles. The van der Waals surface area contributed by atoms with Crippen molar-refractivity contribution in [2.45, 2.75) is 43.8 Å². The van der Waals surface area contributed by atoms with E-state index in [1.165, 1.54) is 12.1 Å². The standard InChI is InChI=1S/C17H18F3N3O/c18-17(19,20)13-4-2-12(3-5-13)14-21-22-15-16(6-1-9-23(14)15)7-10-24-11-8-16/h2-5H,1,6-11H2. The fourth-order valence-electron chi connectivity index (χ4n) is 3.85. The normalized spacial score (nSPS) is 20.1. The molecule has 0 unspecified atom stereocenters. The van der Waals surface area contributed by atoms with Crippen LogP contribution in [0.5, 0.6) is 0 Å². The van der Waals surface area contributed by atoms with Crippen LogP contribution in [0.15, 0.2) is 24.3 Å². The van der Waals surface area contributed by atoms with Gasteiger partial charge in [-0.25, -0.2) is 0 Å². The second-order valence-corrected chi connectivity index (χ2v) is 6.57. The Morgan fingerprint density at radius 2 is 1.71 bits per heavy atom. The molecule has 4 nitrogen and oxygen atoms in total. The van der Waals surface area contributed by atoms with E-state index in [2.05, 4.69) is 14.8 Å². The zero-order valence-electron chi connectivity index (χ0n) is 13.1. The average molecular weight is 337 g/mol. The quantitative estimate of drug-likeness (QED) is 0.794. The zero-order chi connectivity index (χ0) is 16.8. The molecule has 1 fully saturated rings. The van der Waals surface area contributed by atoms with Crippen molar-refractivity contribution >= 4 is 0 Å². The predicted molar refractivity (Wildman–Crippen MR) is 81.4 cm³/mol. The molecule has 2 aliphatic rings. The number of ether oxygens (including phenoxy) is 1. The highest BCUT2D eigenvalue weighted by atomic mass is 19.4. The van der Waals surface area contributed by atoms with Crippen molar-refractivity contribution in [3.8, 4) is 11.4 Å². The van der Waals surface area contributed by atoms with E-state index in [1.807, 2.05) is 0 Å². The van der Waals surface area contributed by atoms with Crippen molar-refractivity contribution in [2.75, 3.05) is 13.2 Å². The van der Waals surface area contributed by atoms with Gasteiger partial charge in [-0.2, -0.15) is 13.2 Å². The minimum atomic E-state index is -4.32. The summed E-state index contributed by atoms with van der Waals surface area (Å²) in [6, 6.07) is 5.16. The number of fused-ring (bicyclic) bond motifs is 2. The minimum Gasteiger partial charge on any atom is -0.381 e. The molecule has 2 aliphatic heterocycles. The number of alkyl halides is 3. The molecule has 1 aromatic carbocycles. The van der Waals surface area contributed by atoms with Crippen molar-refractivity contribution in [3.63, 3.8) is 0 Å². The van der Waals surface area contributed by atoms with E-state index in [1.54, 1.807) is 0 Å². The van der Waals surface area contributed by atoms with E-state index in [4.69, 9.17) is 4.74 Å². The molecular formula is C17H18F3N3O. The molecule has 24 heavy (non-hydrogen) atoms. The first-order chi connectivity index (χ1) is 11.5. The van der Waals surface area contributed by atoms with Gasteiger partial charge < -0.3 is 9.30 Å². The Morgan fingerprint density at radius 3 is 2.38 bits per heavy atom. The van der Waals surface area contributed by atoms with Gasteiger partial charge in [-0.05, 0) is 37.8 Å². The van der Waals surface area contributed by atoms with Crippen molar-refractivity contribution in [1.29, 1.82) is 0 Å². The van der Waals surface area contributed by atoms with Gasteiger partial charge in [0.2, 0.25) is 0 Å².